The molecular formula is C18H23FN5O2S+. The molecule has 0 spiro atoms. The number of thioether (sulfide) groups is 1. The molecule has 1 aliphatic heterocycles. The summed E-state index contributed by atoms with van der Waals surface area (Å²) in [4.78, 5) is 25.7. The first-order valence-corrected chi connectivity index (χ1v) is 9.94. The fourth-order valence-electron chi connectivity index (χ4n) is 2.80. The summed E-state index contributed by atoms with van der Waals surface area (Å²) in [6.07, 6.45) is 0.793. The number of quaternary nitrogens is 1. The number of nitrogens with zero attached hydrogens (tertiary/aromatic N) is 2. The molecule has 2 aromatic rings. The lowest BCUT2D eigenvalue weighted by molar-refractivity contribution is -0.858. The Morgan fingerprint density at radius 3 is 2.67 bits per heavy atom. The summed E-state index contributed by atoms with van der Waals surface area (Å²) in [6.45, 7) is 1.35. The first kappa shape index (κ1) is 19.4. The van der Waals surface area contributed by atoms with Crippen LogP contribution in [0.2, 0.25) is 0 Å². The quantitative estimate of drug-likeness (QED) is 0.490. The molecule has 0 aliphatic carbocycles. The Morgan fingerprint density at radius 1 is 1.22 bits per heavy atom. The van der Waals surface area contributed by atoms with Crippen LogP contribution < -0.4 is 15.5 Å². The molecule has 1 aliphatic rings. The third kappa shape index (κ3) is 4.67. The number of anilines is 1. The van der Waals surface area contributed by atoms with Crippen LogP contribution in [-0.2, 0) is 21.1 Å². The summed E-state index contributed by atoms with van der Waals surface area (Å²) in [5.74, 6) is 0.174. The van der Waals surface area contributed by atoms with Gasteiger partial charge < -0.3 is 15.5 Å². The van der Waals surface area contributed by atoms with Gasteiger partial charge in [-0.25, -0.2) is 9.07 Å². The molecule has 1 aromatic heterocycles. The maximum atomic E-state index is 13.2. The lowest BCUT2D eigenvalue weighted by atomic mass is 10.2. The van der Waals surface area contributed by atoms with Gasteiger partial charge in [0.1, 0.15) is 11.6 Å². The molecular weight excluding hydrogens is 369 g/mol. The number of hydrogen-bond acceptors (Lipinski definition) is 4. The van der Waals surface area contributed by atoms with E-state index in [4.69, 9.17) is 0 Å². The minimum Gasteiger partial charge on any atom is -0.348 e. The van der Waals surface area contributed by atoms with Crippen molar-refractivity contribution in [1.29, 1.82) is 0 Å². The highest BCUT2D eigenvalue weighted by Crippen LogP contribution is 2.36. The van der Waals surface area contributed by atoms with Gasteiger partial charge in [0.25, 0.3) is 0 Å². The first-order chi connectivity index (χ1) is 13.0. The number of aromatic nitrogens is 2. The van der Waals surface area contributed by atoms with E-state index >= 15 is 0 Å². The molecule has 2 heterocycles. The van der Waals surface area contributed by atoms with Crippen LogP contribution in [0.15, 0.2) is 24.3 Å². The Morgan fingerprint density at radius 2 is 1.96 bits per heavy atom. The third-order valence-corrected chi connectivity index (χ3v) is 5.17. The fourth-order valence-corrected chi connectivity index (χ4v) is 3.83. The van der Waals surface area contributed by atoms with E-state index in [1.54, 1.807) is 28.6 Å². The van der Waals surface area contributed by atoms with E-state index in [-0.39, 0.29) is 5.82 Å². The Bertz CT molecular complexity index is 835. The lowest BCUT2D eigenvalue weighted by Crippen LogP contribution is -3.05. The van der Waals surface area contributed by atoms with Crippen LogP contribution in [0.1, 0.15) is 17.7 Å². The number of rotatable bonds is 6. The topological polar surface area (TPSA) is 80.5 Å². The van der Waals surface area contributed by atoms with Crippen molar-refractivity contribution in [1.82, 2.24) is 15.1 Å². The Hall–Kier alpha value is -2.39. The van der Waals surface area contributed by atoms with E-state index in [1.807, 2.05) is 14.1 Å². The van der Waals surface area contributed by atoms with E-state index in [1.165, 1.54) is 17.0 Å². The van der Waals surface area contributed by atoms with Crippen molar-refractivity contribution in [3.05, 3.63) is 41.3 Å². The number of amides is 2. The van der Waals surface area contributed by atoms with Crippen LogP contribution in [0.4, 0.5) is 10.2 Å². The van der Waals surface area contributed by atoms with E-state index in [0.29, 0.717) is 23.8 Å². The largest absolute Gasteiger partial charge is 0.348 e. The van der Waals surface area contributed by atoms with Gasteiger partial charge in [-0.1, -0.05) is 0 Å². The van der Waals surface area contributed by atoms with Gasteiger partial charge in [0, 0.05) is 30.0 Å². The van der Waals surface area contributed by atoms with E-state index in [2.05, 4.69) is 15.7 Å². The summed E-state index contributed by atoms with van der Waals surface area (Å²) in [7, 11) is 4.06. The molecule has 7 nitrogen and oxygen atoms in total. The molecule has 1 aromatic carbocycles. The average Bonchev–Trinajstić information content (AvgIpc) is 3.21. The van der Waals surface area contributed by atoms with Gasteiger partial charge >= 0.3 is 11.8 Å². The standard InChI is InChI=1S/C18H22FN5O2S/c1-23(2)9-3-8-20-17(25)18(26)21-16-14-10-27-11-15(14)22-24(16)13-6-4-12(19)5-7-13/h4-7H,3,8-11H2,1-2H3,(H,20,25)(H,21,26)/p+1. The second-order valence-electron chi connectivity index (χ2n) is 6.68. The minimum absolute atomic E-state index is 0.349. The highest BCUT2D eigenvalue weighted by Gasteiger charge is 2.26. The minimum atomic E-state index is -0.727. The zero-order valence-electron chi connectivity index (χ0n) is 15.3. The molecule has 3 rings (SSSR count). The molecule has 2 amide bonds. The fraction of sp³-hybridized carbons (Fsp3) is 0.389. The smallest absolute Gasteiger partial charge is 0.314 e. The summed E-state index contributed by atoms with van der Waals surface area (Å²) >= 11 is 1.70. The molecule has 27 heavy (non-hydrogen) atoms. The molecule has 0 atom stereocenters. The summed E-state index contributed by atoms with van der Waals surface area (Å²) in [5.41, 5.74) is 2.40. The average molecular weight is 392 g/mol. The number of carbonyl (C=O) groups excluding carboxylic acids is 2. The highest BCUT2D eigenvalue weighted by molar-refractivity contribution is 7.98. The molecule has 0 radical (unpaired) electrons. The lowest BCUT2D eigenvalue weighted by Gasteiger charge is -2.11. The molecule has 0 saturated carbocycles. The third-order valence-electron chi connectivity index (χ3n) is 4.20. The predicted octanol–water partition coefficient (Wildman–Crippen LogP) is 0.348. The van der Waals surface area contributed by atoms with Gasteiger partial charge in [-0.15, -0.1) is 0 Å². The van der Waals surface area contributed by atoms with Crippen molar-refractivity contribution < 1.29 is 18.9 Å². The molecule has 3 N–H and O–H groups in total. The Kier molecular flexibility index (Phi) is 6.12. The maximum absolute atomic E-state index is 13.2. The van der Waals surface area contributed by atoms with Crippen LogP contribution in [0, 0.1) is 5.82 Å². The van der Waals surface area contributed by atoms with Crippen molar-refractivity contribution in [2.24, 2.45) is 0 Å². The number of nitrogens with one attached hydrogen (secondary N) is 3. The van der Waals surface area contributed by atoms with Gasteiger partial charge in [0.2, 0.25) is 0 Å². The van der Waals surface area contributed by atoms with Crippen LogP contribution >= 0.6 is 11.8 Å². The van der Waals surface area contributed by atoms with Crippen molar-refractivity contribution >= 4 is 29.4 Å². The molecule has 144 valence electrons. The van der Waals surface area contributed by atoms with Crippen LogP contribution in [0.25, 0.3) is 5.69 Å². The van der Waals surface area contributed by atoms with E-state index in [9.17, 15) is 14.0 Å². The summed E-state index contributed by atoms with van der Waals surface area (Å²) < 4.78 is 14.8. The Labute approximate surface area is 161 Å². The van der Waals surface area contributed by atoms with E-state index in [0.717, 1.165) is 30.0 Å². The summed E-state index contributed by atoms with van der Waals surface area (Å²) in [5, 5.41) is 9.85. The molecule has 0 fully saturated rings. The molecule has 9 heteroatoms. The zero-order valence-corrected chi connectivity index (χ0v) is 16.2. The molecule has 0 bridgehead atoms. The zero-order chi connectivity index (χ0) is 19.4. The molecule has 0 saturated heterocycles. The van der Waals surface area contributed by atoms with Gasteiger partial charge in [0.05, 0.1) is 32.0 Å². The normalized spacial score (nSPS) is 12.9. The number of hydrogen-bond donors (Lipinski definition) is 3. The van der Waals surface area contributed by atoms with Crippen molar-refractivity contribution in [3.8, 4) is 5.69 Å². The first-order valence-electron chi connectivity index (χ1n) is 8.78. The number of fused-ring (bicyclic) bond motifs is 1. The maximum Gasteiger partial charge on any atom is 0.314 e. The van der Waals surface area contributed by atoms with Gasteiger partial charge in [-0.2, -0.15) is 16.9 Å². The van der Waals surface area contributed by atoms with Gasteiger partial charge in [0.15, 0.2) is 0 Å². The Balaban J connectivity index is 1.73. The number of carbonyl (C=O) groups is 2. The summed E-state index contributed by atoms with van der Waals surface area (Å²) in [6, 6.07) is 5.84. The monoisotopic (exact) mass is 392 g/mol. The van der Waals surface area contributed by atoms with Gasteiger partial charge in [-0.05, 0) is 24.3 Å². The van der Waals surface area contributed by atoms with Crippen LogP contribution in [0.3, 0.4) is 0 Å². The number of halogens is 1. The van der Waals surface area contributed by atoms with Crippen molar-refractivity contribution in [2.75, 3.05) is 32.5 Å². The van der Waals surface area contributed by atoms with Crippen molar-refractivity contribution in [3.63, 3.8) is 0 Å². The van der Waals surface area contributed by atoms with Crippen molar-refractivity contribution in [2.45, 2.75) is 17.9 Å². The predicted molar refractivity (Wildman–Crippen MR) is 102 cm³/mol. The SMILES string of the molecule is C[NH+](C)CCCNC(=O)C(=O)Nc1c2c(nn1-c1ccc(F)cc1)CSC2. The number of benzene rings is 1. The second-order valence-corrected chi connectivity index (χ2v) is 7.66. The van der Waals surface area contributed by atoms with Crippen LogP contribution in [0.5, 0.6) is 0 Å². The van der Waals surface area contributed by atoms with Gasteiger partial charge in [-0.3, -0.25) is 9.59 Å². The molecule has 0 unspecified atom stereocenters. The van der Waals surface area contributed by atoms with Crippen LogP contribution in [-0.4, -0.2) is 48.8 Å². The van der Waals surface area contributed by atoms with E-state index < -0.39 is 11.8 Å². The second kappa shape index (κ2) is 8.53. The highest BCUT2D eigenvalue weighted by atomic mass is 32.2.